The van der Waals surface area contributed by atoms with Crippen molar-refractivity contribution in [1.82, 2.24) is 19.3 Å². The second-order valence-corrected chi connectivity index (χ2v) is 8.97. The van der Waals surface area contributed by atoms with Gasteiger partial charge in [-0.2, -0.15) is 0 Å². The maximum atomic E-state index is 13.2. The summed E-state index contributed by atoms with van der Waals surface area (Å²) in [5.74, 6) is 0.195. The van der Waals surface area contributed by atoms with Gasteiger partial charge in [-0.1, -0.05) is 41.9 Å². The van der Waals surface area contributed by atoms with Crippen LogP contribution in [0.1, 0.15) is 51.8 Å². The molecule has 6 heteroatoms. The lowest BCUT2D eigenvalue weighted by molar-refractivity contribution is 0.0700. The average molecular weight is 445 g/mol. The molecule has 0 unspecified atom stereocenters. The van der Waals surface area contributed by atoms with E-state index < -0.39 is 0 Å². The number of carbonyl (C=O) groups excluding carboxylic acids is 1. The van der Waals surface area contributed by atoms with Crippen LogP contribution in [0.15, 0.2) is 67.0 Å². The van der Waals surface area contributed by atoms with Crippen molar-refractivity contribution in [1.29, 1.82) is 0 Å². The number of imidazole rings is 1. The van der Waals surface area contributed by atoms with Gasteiger partial charge in [-0.15, -0.1) is 0 Å². The molecule has 5 nitrogen and oxygen atoms in total. The van der Waals surface area contributed by atoms with Crippen LogP contribution in [-0.4, -0.2) is 38.3 Å². The standard InChI is InChI=1S/C26H25ClN4O/c1-18-12-20(13-19-6-3-2-4-7-19)14-23(28-18)21-8-5-11-30(15-21)26(32)24-17-31-16-22(27)9-10-25(31)29-24/h2-4,6-7,9-10,12,14,16-17,21H,5,8,11,13,15H2,1H3/t21-/m0/s1. The summed E-state index contributed by atoms with van der Waals surface area (Å²) < 4.78 is 1.80. The summed E-state index contributed by atoms with van der Waals surface area (Å²) in [6.07, 6.45) is 6.40. The maximum Gasteiger partial charge on any atom is 0.274 e. The molecule has 1 aliphatic rings. The van der Waals surface area contributed by atoms with Gasteiger partial charge in [-0.25, -0.2) is 4.98 Å². The number of likely N-dealkylation sites (tertiary alicyclic amines) is 1. The van der Waals surface area contributed by atoms with Crippen molar-refractivity contribution in [2.24, 2.45) is 0 Å². The van der Waals surface area contributed by atoms with Gasteiger partial charge in [0.15, 0.2) is 0 Å². The molecule has 1 amide bonds. The van der Waals surface area contributed by atoms with Crippen molar-refractivity contribution in [3.63, 3.8) is 0 Å². The Hall–Kier alpha value is -3.18. The summed E-state index contributed by atoms with van der Waals surface area (Å²) in [5.41, 5.74) is 5.83. The molecule has 0 bridgehead atoms. The Balaban J connectivity index is 1.35. The molecular weight excluding hydrogens is 420 g/mol. The lowest BCUT2D eigenvalue weighted by atomic mass is 9.92. The Morgan fingerprint density at radius 3 is 2.75 bits per heavy atom. The van der Waals surface area contributed by atoms with E-state index in [2.05, 4.69) is 41.4 Å². The molecule has 0 radical (unpaired) electrons. The summed E-state index contributed by atoms with van der Waals surface area (Å²) in [4.78, 5) is 24.5. The van der Waals surface area contributed by atoms with E-state index >= 15 is 0 Å². The molecule has 4 heterocycles. The Labute approximate surface area is 192 Å². The zero-order valence-electron chi connectivity index (χ0n) is 18.0. The molecule has 0 saturated carbocycles. The van der Waals surface area contributed by atoms with E-state index in [1.807, 2.05) is 24.0 Å². The first-order valence-corrected chi connectivity index (χ1v) is 11.4. The van der Waals surface area contributed by atoms with Crippen molar-refractivity contribution in [3.8, 4) is 0 Å². The van der Waals surface area contributed by atoms with Crippen LogP contribution in [-0.2, 0) is 6.42 Å². The van der Waals surface area contributed by atoms with Gasteiger partial charge < -0.3 is 9.30 Å². The SMILES string of the molecule is Cc1cc(Cc2ccccc2)cc([C@H]2CCCN(C(=O)c3cn4cc(Cl)ccc4n3)C2)n1. The van der Waals surface area contributed by atoms with E-state index in [0.717, 1.165) is 42.8 Å². The number of carbonyl (C=O) groups is 1. The second kappa shape index (κ2) is 8.75. The number of aromatic nitrogens is 3. The second-order valence-electron chi connectivity index (χ2n) is 8.53. The highest BCUT2D eigenvalue weighted by molar-refractivity contribution is 6.30. The molecule has 1 aromatic carbocycles. The first-order valence-electron chi connectivity index (χ1n) is 11.0. The number of fused-ring (bicyclic) bond motifs is 1. The van der Waals surface area contributed by atoms with E-state index in [-0.39, 0.29) is 11.8 Å². The molecular formula is C26H25ClN4O. The molecule has 0 spiro atoms. The van der Waals surface area contributed by atoms with E-state index in [1.54, 1.807) is 22.9 Å². The van der Waals surface area contributed by atoms with Crippen molar-refractivity contribution < 1.29 is 4.79 Å². The molecule has 32 heavy (non-hydrogen) atoms. The van der Waals surface area contributed by atoms with E-state index in [4.69, 9.17) is 16.6 Å². The summed E-state index contributed by atoms with van der Waals surface area (Å²) in [7, 11) is 0. The van der Waals surface area contributed by atoms with Crippen LogP contribution in [0.5, 0.6) is 0 Å². The predicted molar refractivity (Wildman–Crippen MR) is 126 cm³/mol. The third-order valence-electron chi connectivity index (χ3n) is 6.05. The van der Waals surface area contributed by atoms with Gasteiger partial charge >= 0.3 is 0 Å². The van der Waals surface area contributed by atoms with Crippen molar-refractivity contribution in [2.75, 3.05) is 13.1 Å². The fourth-order valence-electron chi connectivity index (χ4n) is 4.54. The fourth-order valence-corrected chi connectivity index (χ4v) is 4.71. The Kier molecular flexibility index (Phi) is 5.66. The molecule has 4 aromatic rings. The van der Waals surface area contributed by atoms with Crippen molar-refractivity contribution in [2.45, 2.75) is 32.1 Å². The zero-order chi connectivity index (χ0) is 22.1. The van der Waals surface area contributed by atoms with Crippen LogP contribution in [0.2, 0.25) is 5.02 Å². The van der Waals surface area contributed by atoms with Crippen molar-refractivity contribution >= 4 is 23.2 Å². The van der Waals surface area contributed by atoms with E-state index in [0.29, 0.717) is 17.3 Å². The monoisotopic (exact) mass is 444 g/mol. The van der Waals surface area contributed by atoms with Crippen LogP contribution < -0.4 is 0 Å². The molecule has 1 aliphatic heterocycles. The maximum absolute atomic E-state index is 13.2. The summed E-state index contributed by atoms with van der Waals surface area (Å²) in [6, 6.07) is 18.5. The van der Waals surface area contributed by atoms with Gasteiger partial charge in [-0.05, 0) is 61.6 Å². The summed E-state index contributed by atoms with van der Waals surface area (Å²) in [5, 5.41) is 0.615. The minimum atomic E-state index is -0.0355. The molecule has 1 saturated heterocycles. The van der Waals surface area contributed by atoms with Crippen LogP contribution in [0.4, 0.5) is 0 Å². The first kappa shape index (κ1) is 20.7. The minimum Gasteiger partial charge on any atom is -0.337 e. The molecule has 0 aliphatic carbocycles. The number of aryl methyl sites for hydroxylation is 1. The van der Waals surface area contributed by atoms with Crippen LogP contribution in [0.3, 0.4) is 0 Å². The predicted octanol–water partition coefficient (Wildman–Crippen LogP) is 5.30. The number of halogens is 1. The topological polar surface area (TPSA) is 50.5 Å². The normalized spacial score (nSPS) is 16.4. The van der Waals surface area contributed by atoms with Gasteiger partial charge in [0, 0.05) is 42.8 Å². The van der Waals surface area contributed by atoms with Crippen LogP contribution in [0.25, 0.3) is 5.65 Å². The third kappa shape index (κ3) is 4.39. The quantitative estimate of drug-likeness (QED) is 0.429. The Morgan fingerprint density at radius 1 is 1.06 bits per heavy atom. The highest BCUT2D eigenvalue weighted by Crippen LogP contribution is 2.28. The smallest absolute Gasteiger partial charge is 0.274 e. The third-order valence-corrected chi connectivity index (χ3v) is 6.27. The van der Waals surface area contributed by atoms with Crippen molar-refractivity contribution in [3.05, 3.63) is 100 Å². The van der Waals surface area contributed by atoms with Crippen LogP contribution >= 0.6 is 11.6 Å². The lowest BCUT2D eigenvalue weighted by Gasteiger charge is -2.32. The number of hydrogen-bond acceptors (Lipinski definition) is 3. The van der Waals surface area contributed by atoms with Gasteiger partial charge in [-0.3, -0.25) is 9.78 Å². The number of amides is 1. The van der Waals surface area contributed by atoms with Gasteiger partial charge in [0.25, 0.3) is 5.91 Å². The van der Waals surface area contributed by atoms with Gasteiger partial charge in [0.05, 0.1) is 5.02 Å². The highest BCUT2D eigenvalue weighted by atomic mass is 35.5. The molecule has 5 rings (SSSR count). The molecule has 1 fully saturated rings. The van der Waals surface area contributed by atoms with Crippen LogP contribution in [0, 0.1) is 6.92 Å². The van der Waals surface area contributed by atoms with Gasteiger partial charge in [0.1, 0.15) is 11.3 Å². The Morgan fingerprint density at radius 2 is 1.91 bits per heavy atom. The van der Waals surface area contributed by atoms with E-state index in [1.165, 1.54) is 11.1 Å². The average Bonchev–Trinajstić information content (AvgIpc) is 3.22. The summed E-state index contributed by atoms with van der Waals surface area (Å²) >= 11 is 6.07. The summed E-state index contributed by atoms with van der Waals surface area (Å²) in [6.45, 7) is 3.45. The number of nitrogens with zero attached hydrogens (tertiary/aromatic N) is 4. The number of benzene rings is 1. The molecule has 1 atom stereocenters. The lowest BCUT2D eigenvalue weighted by Crippen LogP contribution is -2.39. The molecule has 162 valence electrons. The number of pyridine rings is 2. The number of piperidine rings is 1. The molecule has 3 aromatic heterocycles. The fraction of sp³-hybridized carbons (Fsp3) is 0.269. The number of hydrogen-bond donors (Lipinski definition) is 0. The zero-order valence-corrected chi connectivity index (χ0v) is 18.8. The number of rotatable bonds is 4. The largest absolute Gasteiger partial charge is 0.337 e. The minimum absolute atomic E-state index is 0.0355. The first-order chi connectivity index (χ1) is 15.5. The molecule has 0 N–H and O–H groups in total. The van der Waals surface area contributed by atoms with Gasteiger partial charge in [0.2, 0.25) is 0 Å². The Bertz CT molecular complexity index is 1270. The van der Waals surface area contributed by atoms with E-state index in [9.17, 15) is 4.79 Å². The highest BCUT2D eigenvalue weighted by Gasteiger charge is 2.28.